The van der Waals surface area contributed by atoms with Crippen LogP contribution in [0.5, 0.6) is 0 Å². The van der Waals surface area contributed by atoms with Crippen LogP contribution in [0.4, 0.5) is 0 Å². The molecule has 0 N–H and O–H groups in total. The Morgan fingerprint density at radius 3 is 2.56 bits per heavy atom. The standard InChI is InChI=1S/C14H27N3O/c1-5-7-8-10-17(12(3)9-6-2)11-14-15-13(4)16-18-14/h12H,5-11H2,1-4H3. The second kappa shape index (κ2) is 8.25. The van der Waals surface area contributed by atoms with E-state index in [1.807, 2.05) is 6.92 Å². The summed E-state index contributed by atoms with van der Waals surface area (Å²) < 4.78 is 5.23. The summed E-state index contributed by atoms with van der Waals surface area (Å²) in [5.74, 6) is 1.47. The monoisotopic (exact) mass is 253 g/mol. The van der Waals surface area contributed by atoms with Gasteiger partial charge in [0.05, 0.1) is 6.54 Å². The van der Waals surface area contributed by atoms with Gasteiger partial charge in [-0.1, -0.05) is 38.3 Å². The molecule has 4 nitrogen and oxygen atoms in total. The Bertz CT molecular complexity index is 325. The van der Waals surface area contributed by atoms with Crippen molar-refractivity contribution in [2.45, 2.75) is 72.4 Å². The van der Waals surface area contributed by atoms with E-state index in [-0.39, 0.29) is 0 Å². The number of hydrogen-bond acceptors (Lipinski definition) is 4. The average molecular weight is 253 g/mol. The molecule has 18 heavy (non-hydrogen) atoms. The van der Waals surface area contributed by atoms with E-state index in [2.05, 4.69) is 35.8 Å². The highest BCUT2D eigenvalue weighted by Gasteiger charge is 2.16. The van der Waals surface area contributed by atoms with Gasteiger partial charge in [-0.3, -0.25) is 4.90 Å². The van der Waals surface area contributed by atoms with E-state index in [9.17, 15) is 0 Å². The van der Waals surface area contributed by atoms with Gasteiger partial charge in [0.2, 0.25) is 5.89 Å². The molecule has 0 saturated heterocycles. The fourth-order valence-corrected chi connectivity index (χ4v) is 2.20. The molecule has 1 aromatic heterocycles. The first kappa shape index (κ1) is 15.2. The summed E-state index contributed by atoms with van der Waals surface area (Å²) in [7, 11) is 0. The Morgan fingerprint density at radius 2 is 2.00 bits per heavy atom. The van der Waals surface area contributed by atoms with Gasteiger partial charge < -0.3 is 4.52 Å². The van der Waals surface area contributed by atoms with Crippen molar-refractivity contribution in [3.05, 3.63) is 11.7 Å². The number of aromatic nitrogens is 2. The predicted octanol–water partition coefficient (Wildman–Crippen LogP) is 3.56. The third kappa shape index (κ3) is 5.17. The maximum atomic E-state index is 5.23. The quantitative estimate of drug-likeness (QED) is 0.631. The summed E-state index contributed by atoms with van der Waals surface area (Å²) in [5.41, 5.74) is 0. The van der Waals surface area contributed by atoms with E-state index in [4.69, 9.17) is 4.52 Å². The van der Waals surface area contributed by atoms with E-state index >= 15 is 0 Å². The number of hydrogen-bond donors (Lipinski definition) is 0. The van der Waals surface area contributed by atoms with Gasteiger partial charge in [0.15, 0.2) is 5.82 Å². The number of nitrogens with zero attached hydrogens (tertiary/aromatic N) is 3. The second-order valence-electron chi connectivity index (χ2n) is 5.05. The summed E-state index contributed by atoms with van der Waals surface area (Å²) in [5, 5.41) is 3.86. The second-order valence-corrected chi connectivity index (χ2v) is 5.05. The minimum atomic E-state index is 0.582. The van der Waals surface area contributed by atoms with Gasteiger partial charge >= 0.3 is 0 Å². The predicted molar refractivity (Wildman–Crippen MR) is 73.3 cm³/mol. The molecule has 1 heterocycles. The lowest BCUT2D eigenvalue weighted by Crippen LogP contribution is -2.33. The zero-order valence-electron chi connectivity index (χ0n) is 12.3. The molecule has 1 aromatic rings. The van der Waals surface area contributed by atoms with E-state index in [1.165, 1.54) is 32.1 Å². The van der Waals surface area contributed by atoms with Crippen molar-refractivity contribution < 1.29 is 4.52 Å². The highest BCUT2D eigenvalue weighted by molar-refractivity contribution is 4.84. The van der Waals surface area contributed by atoms with E-state index in [0.717, 1.165) is 24.8 Å². The minimum Gasteiger partial charge on any atom is -0.338 e. The number of unbranched alkanes of at least 4 members (excludes halogenated alkanes) is 2. The minimum absolute atomic E-state index is 0.582. The van der Waals surface area contributed by atoms with Crippen molar-refractivity contribution in [3.63, 3.8) is 0 Å². The first-order chi connectivity index (χ1) is 8.67. The lowest BCUT2D eigenvalue weighted by atomic mass is 10.1. The summed E-state index contributed by atoms with van der Waals surface area (Å²) in [6.07, 6.45) is 6.24. The Balaban J connectivity index is 2.52. The van der Waals surface area contributed by atoms with Crippen molar-refractivity contribution in [1.29, 1.82) is 0 Å². The van der Waals surface area contributed by atoms with Crippen LogP contribution in [0.2, 0.25) is 0 Å². The molecule has 0 radical (unpaired) electrons. The van der Waals surface area contributed by atoms with Crippen molar-refractivity contribution >= 4 is 0 Å². The van der Waals surface area contributed by atoms with Crippen molar-refractivity contribution in [2.24, 2.45) is 0 Å². The molecule has 4 heteroatoms. The fourth-order valence-electron chi connectivity index (χ4n) is 2.20. The number of rotatable bonds is 9. The van der Waals surface area contributed by atoms with Crippen molar-refractivity contribution in [1.82, 2.24) is 15.0 Å². The molecule has 0 fully saturated rings. The van der Waals surface area contributed by atoms with Crippen LogP contribution in [0.25, 0.3) is 0 Å². The molecular formula is C14H27N3O. The molecule has 0 saturated carbocycles. The van der Waals surface area contributed by atoms with Crippen LogP contribution in [-0.2, 0) is 6.54 Å². The van der Waals surface area contributed by atoms with Crippen LogP contribution in [-0.4, -0.2) is 27.6 Å². The molecule has 1 unspecified atom stereocenters. The maximum Gasteiger partial charge on any atom is 0.240 e. The van der Waals surface area contributed by atoms with Gasteiger partial charge in [-0.25, -0.2) is 0 Å². The largest absolute Gasteiger partial charge is 0.338 e. The van der Waals surface area contributed by atoms with Gasteiger partial charge in [-0.2, -0.15) is 4.98 Å². The molecule has 0 aliphatic carbocycles. The molecule has 0 amide bonds. The van der Waals surface area contributed by atoms with Crippen LogP contribution >= 0.6 is 0 Å². The summed E-state index contributed by atoms with van der Waals surface area (Å²) in [6, 6.07) is 0.582. The molecule has 1 rings (SSSR count). The van der Waals surface area contributed by atoms with Crippen LogP contribution in [0.3, 0.4) is 0 Å². The SMILES string of the molecule is CCCCCN(Cc1nc(C)no1)C(C)CCC. The maximum absolute atomic E-state index is 5.23. The van der Waals surface area contributed by atoms with Crippen LogP contribution < -0.4 is 0 Å². The first-order valence-electron chi connectivity index (χ1n) is 7.20. The normalized spacial score (nSPS) is 13.2. The average Bonchev–Trinajstić information content (AvgIpc) is 2.74. The highest BCUT2D eigenvalue weighted by atomic mass is 16.5. The summed E-state index contributed by atoms with van der Waals surface area (Å²) >= 11 is 0. The Morgan fingerprint density at radius 1 is 1.22 bits per heavy atom. The van der Waals surface area contributed by atoms with Crippen LogP contribution in [0.1, 0.15) is 64.6 Å². The summed E-state index contributed by atoms with van der Waals surface area (Å²) in [6.45, 7) is 10.5. The van der Waals surface area contributed by atoms with E-state index in [1.54, 1.807) is 0 Å². The van der Waals surface area contributed by atoms with Crippen molar-refractivity contribution in [3.8, 4) is 0 Å². The molecule has 1 atom stereocenters. The zero-order chi connectivity index (χ0) is 13.4. The lowest BCUT2D eigenvalue weighted by molar-refractivity contribution is 0.163. The highest BCUT2D eigenvalue weighted by Crippen LogP contribution is 2.12. The van der Waals surface area contributed by atoms with Gasteiger partial charge in [0, 0.05) is 6.04 Å². The van der Waals surface area contributed by atoms with Crippen LogP contribution in [0, 0.1) is 6.92 Å². The number of aryl methyl sites for hydroxylation is 1. The molecule has 0 bridgehead atoms. The molecule has 0 aromatic carbocycles. The Hall–Kier alpha value is -0.900. The molecule has 0 spiro atoms. The lowest BCUT2D eigenvalue weighted by Gasteiger charge is -2.27. The molecule has 0 aliphatic heterocycles. The van der Waals surface area contributed by atoms with Crippen LogP contribution in [0.15, 0.2) is 4.52 Å². The molecule has 104 valence electrons. The van der Waals surface area contributed by atoms with Gasteiger partial charge in [-0.15, -0.1) is 0 Å². The van der Waals surface area contributed by atoms with E-state index < -0.39 is 0 Å². The van der Waals surface area contributed by atoms with Gasteiger partial charge in [0.1, 0.15) is 0 Å². The smallest absolute Gasteiger partial charge is 0.240 e. The van der Waals surface area contributed by atoms with Crippen molar-refractivity contribution in [2.75, 3.05) is 6.54 Å². The van der Waals surface area contributed by atoms with Gasteiger partial charge in [-0.05, 0) is 33.2 Å². The summed E-state index contributed by atoms with van der Waals surface area (Å²) in [4.78, 5) is 6.77. The van der Waals surface area contributed by atoms with Gasteiger partial charge in [0.25, 0.3) is 0 Å². The topological polar surface area (TPSA) is 42.2 Å². The molecular weight excluding hydrogens is 226 g/mol. The Labute approximate surface area is 111 Å². The third-order valence-corrected chi connectivity index (χ3v) is 3.29. The Kier molecular flexibility index (Phi) is 6.94. The fraction of sp³-hybridized carbons (Fsp3) is 0.857. The van der Waals surface area contributed by atoms with E-state index in [0.29, 0.717) is 6.04 Å². The molecule has 0 aliphatic rings. The zero-order valence-corrected chi connectivity index (χ0v) is 12.3. The third-order valence-electron chi connectivity index (χ3n) is 3.29. The first-order valence-corrected chi connectivity index (χ1v) is 7.20.